The number of imidazole rings is 1. The van der Waals surface area contributed by atoms with Crippen molar-refractivity contribution in [3.8, 4) is 11.5 Å². The van der Waals surface area contributed by atoms with E-state index in [2.05, 4.69) is 4.98 Å². The fourth-order valence-electron chi connectivity index (χ4n) is 2.00. The lowest BCUT2D eigenvalue weighted by atomic mass is 10.3. The second-order valence-corrected chi connectivity index (χ2v) is 4.41. The maximum absolute atomic E-state index is 5.76. The lowest BCUT2D eigenvalue weighted by molar-refractivity contribution is 0.298. The van der Waals surface area contributed by atoms with Gasteiger partial charge >= 0.3 is 0 Å². The molecule has 0 saturated carbocycles. The SMILES string of the molecule is COc1cccc(OCc2cnc3cc(N)ccn23)c1. The molecule has 0 spiro atoms. The van der Waals surface area contributed by atoms with E-state index in [0.29, 0.717) is 12.3 Å². The van der Waals surface area contributed by atoms with Gasteiger partial charge < -0.3 is 19.6 Å². The number of pyridine rings is 1. The average molecular weight is 269 g/mol. The first-order valence-electron chi connectivity index (χ1n) is 6.24. The van der Waals surface area contributed by atoms with Crippen LogP contribution in [0.5, 0.6) is 11.5 Å². The minimum atomic E-state index is 0.429. The lowest BCUT2D eigenvalue weighted by Crippen LogP contribution is -2.00. The fraction of sp³-hybridized carbons (Fsp3) is 0.133. The fourth-order valence-corrected chi connectivity index (χ4v) is 2.00. The Bertz CT molecular complexity index is 737. The molecule has 2 aromatic heterocycles. The van der Waals surface area contributed by atoms with Crippen LogP contribution in [-0.2, 0) is 6.61 Å². The van der Waals surface area contributed by atoms with E-state index in [9.17, 15) is 0 Å². The molecule has 0 aliphatic rings. The molecule has 3 rings (SSSR count). The van der Waals surface area contributed by atoms with Crippen molar-refractivity contribution < 1.29 is 9.47 Å². The van der Waals surface area contributed by atoms with Gasteiger partial charge in [-0.3, -0.25) is 0 Å². The van der Waals surface area contributed by atoms with Crippen LogP contribution in [0.4, 0.5) is 5.69 Å². The minimum Gasteiger partial charge on any atom is -0.497 e. The highest BCUT2D eigenvalue weighted by Crippen LogP contribution is 2.20. The summed E-state index contributed by atoms with van der Waals surface area (Å²) in [6, 6.07) is 11.2. The summed E-state index contributed by atoms with van der Waals surface area (Å²) in [6.07, 6.45) is 3.68. The summed E-state index contributed by atoms with van der Waals surface area (Å²) >= 11 is 0. The molecule has 0 atom stereocenters. The number of fused-ring (bicyclic) bond motifs is 1. The maximum atomic E-state index is 5.76. The zero-order chi connectivity index (χ0) is 13.9. The Morgan fingerprint density at radius 1 is 1.20 bits per heavy atom. The summed E-state index contributed by atoms with van der Waals surface area (Å²) in [5.74, 6) is 1.53. The van der Waals surface area contributed by atoms with Crippen LogP contribution in [0.2, 0.25) is 0 Å². The predicted octanol–water partition coefficient (Wildman–Crippen LogP) is 2.50. The smallest absolute Gasteiger partial charge is 0.139 e. The zero-order valence-corrected chi connectivity index (χ0v) is 11.1. The Kier molecular flexibility index (Phi) is 3.16. The second kappa shape index (κ2) is 5.13. The lowest BCUT2D eigenvalue weighted by Gasteiger charge is -2.07. The normalized spacial score (nSPS) is 10.7. The van der Waals surface area contributed by atoms with Crippen molar-refractivity contribution in [2.75, 3.05) is 12.8 Å². The molecule has 0 saturated heterocycles. The number of anilines is 1. The first-order valence-corrected chi connectivity index (χ1v) is 6.24. The third kappa shape index (κ3) is 2.38. The number of rotatable bonds is 4. The number of ether oxygens (including phenoxy) is 2. The van der Waals surface area contributed by atoms with Gasteiger partial charge in [-0.2, -0.15) is 0 Å². The van der Waals surface area contributed by atoms with E-state index in [0.717, 1.165) is 22.8 Å². The minimum absolute atomic E-state index is 0.429. The van der Waals surface area contributed by atoms with E-state index in [-0.39, 0.29) is 0 Å². The molecule has 0 fully saturated rings. The molecule has 2 N–H and O–H groups in total. The molecule has 0 unspecified atom stereocenters. The molecule has 102 valence electrons. The van der Waals surface area contributed by atoms with Crippen molar-refractivity contribution in [2.24, 2.45) is 0 Å². The Hall–Kier alpha value is -2.69. The van der Waals surface area contributed by atoms with Gasteiger partial charge in [0.25, 0.3) is 0 Å². The summed E-state index contributed by atoms with van der Waals surface area (Å²) < 4.78 is 12.9. The van der Waals surface area contributed by atoms with Gasteiger partial charge in [-0.1, -0.05) is 6.07 Å². The third-order valence-electron chi connectivity index (χ3n) is 3.04. The van der Waals surface area contributed by atoms with Crippen molar-refractivity contribution in [1.82, 2.24) is 9.38 Å². The molecular weight excluding hydrogens is 254 g/mol. The first-order chi connectivity index (χ1) is 9.76. The Morgan fingerprint density at radius 2 is 2.05 bits per heavy atom. The van der Waals surface area contributed by atoms with E-state index in [1.165, 1.54) is 0 Å². The average Bonchev–Trinajstić information content (AvgIpc) is 2.87. The third-order valence-corrected chi connectivity index (χ3v) is 3.04. The summed E-state index contributed by atoms with van der Waals surface area (Å²) in [7, 11) is 1.63. The Labute approximate surface area is 116 Å². The van der Waals surface area contributed by atoms with E-state index in [1.54, 1.807) is 13.3 Å². The van der Waals surface area contributed by atoms with Gasteiger partial charge in [-0.15, -0.1) is 0 Å². The van der Waals surface area contributed by atoms with Gasteiger partial charge in [-0.25, -0.2) is 4.98 Å². The van der Waals surface area contributed by atoms with Gasteiger partial charge in [-0.05, 0) is 18.2 Å². The summed E-state index contributed by atoms with van der Waals surface area (Å²) in [4.78, 5) is 4.30. The number of hydrogen-bond donors (Lipinski definition) is 1. The van der Waals surface area contributed by atoms with Crippen molar-refractivity contribution in [3.05, 3.63) is 54.5 Å². The van der Waals surface area contributed by atoms with Crippen molar-refractivity contribution in [2.45, 2.75) is 6.61 Å². The summed E-state index contributed by atoms with van der Waals surface area (Å²) in [6.45, 7) is 0.429. The largest absolute Gasteiger partial charge is 0.497 e. The van der Waals surface area contributed by atoms with E-state index >= 15 is 0 Å². The van der Waals surface area contributed by atoms with Crippen LogP contribution in [0, 0.1) is 0 Å². The highest BCUT2D eigenvalue weighted by atomic mass is 16.5. The molecule has 2 heterocycles. The number of nitrogens with two attached hydrogens (primary N) is 1. The second-order valence-electron chi connectivity index (χ2n) is 4.41. The predicted molar refractivity (Wildman–Crippen MR) is 76.9 cm³/mol. The zero-order valence-electron chi connectivity index (χ0n) is 11.1. The first kappa shape index (κ1) is 12.3. The van der Waals surface area contributed by atoms with Gasteiger partial charge in [0, 0.05) is 24.0 Å². The van der Waals surface area contributed by atoms with Gasteiger partial charge in [0.05, 0.1) is 19.0 Å². The molecule has 0 amide bonds. The van der Waals surface area contributed by atoms with E-state index in [1.807, 2.05) is 47.0 Å². The molecule has 0 aliphatic heterocycles. The number of methoxy groups -OCH3 is 1. The van der Waals surface area contributed by atoms with Crippen LogP contribution in [-0.4, -0.2) is 16.5 Å². The Balaban J connectivity index is 1.79. The molecule has 0 radical (unpaired) electrons. The van der Waals surface area contributed by atoms with Crippen LogP contribution in [0.15, 0.2) is 48.8 Å². The molecule has 20 heavy (non-hydrogen) atoms. The summed E-state index contributed by atoms with van der Waals surface area (Å²) in [5, 5.41) is 0. The number of aromatic nitrogens is 2. The van der Waals surface area contributed by atoms with Crippen molar-refractivity contribution in [1.29, 1.82) is 0 Å². The van der Waals surface area contributed by atoms with Crippen molar-refractivity contribution in [3.63, 3.8) is 0 Å². The quantitative estimate of drug-likeness (QED) is 0.790. The molecule has 1 aromatic carbocycles. The van der Waals surface area contributed by atoms with Gasteiger partial charge in [0.15, 0.2) is 0 Å². The standard InChI is InChI=1S/C15H15N3O2/c1-19-13-3-2-4-14(8-13)20-10-12-9-17-15-7-11(16)5-6-18(12)15/h2-9H,10,16H2,1H3. The Morgan fingerprint density at radius 3 is 2.90 bits per heavy atom. The molecule has 5 nitrogen and oxygen atoms in total. The monoisotopic (exact) mass is 269 g/mol. The molecule has 0 aliphatic carbocycles. The number of hydrogen-bond acceptors (Lipinski definition) is 4. The molecule has 0 bridgehead atoms. The van der Waals surface area contributed by atoms with Gasteiger partial charge in [0.1, 0.15) is 23.8 Å². The van der Waals surface area contributed by atoms with Crippen LogP contribution in [0.25, 0.3) is 5.65 Å². The summed E-state index contributed by atoms with van der Waals surface area (Å²) in [5.41, 5.74) is 8.20. The maximum Gasteiger partial charge on any atom is 0.139 e. The topological polar surface area (TPSA) is 61.8 Å². The molecule has 5 heteroatoms. The van der Waals surface area contributed by atoms with Gasteiger partial charge in [0.2, 0.25) is 0 Å². The van der Waals surface area contributed by atoms with Crippen LogP contribution < -0.4 is 15.2 Å². The molecule has 3 aromatic rings. The van der Waals surface area contributed by atoms with Crippen molar-refractivity contribution >= 4 is 11.3 Å². The number of nitrogen functional groups attached to an aromatic ring is 1. The molecular formula is C15H15N3O2. The van der Waals surface area contributed by atoms with Crippen LogP contribution >= 0.6 is 0 Å². The highest BCUT2D eigenvalue weighted by molar-refractivity contribution is 5.52. The van der Waals surface area contributed by atoms with Crippen LogP contribution in [0.1, 0.15) is 5.69 Å². The van der Waals surface area contributed by atoms with E-state index < -0.39 is 0 Å². The number of benzene rings is 1. The number of nitrogens with zero attached hydrogens (tertiary/aromatic N) is 2. The highest BCUT2D eigenvalue weighted by Gasteiger charge is 2.04. The van der Waals surface area contributed by atoms with Crippen LogP contribution in [0.3, 0.4) is 0 Å². The van der Waals surface area contributed by atoms with E-state index in [4.69, 9.17) is 15.2 Å².